The van der Waals surface area contributed by atoms with Gasteiger partial charge in [0, 0.05) is 36.3 Å². The van der Waals surface area contributed by atoms with Crippen LogP contribution < -0.4 is 11.1 Å². The summed E-state index contributed by atoms with van der Waals surface area (Å²) in [5, 5.41) is 6.60. The van der Waals surface area contributed by atoms with Crippen LogP contribution in [-0.2, 0) is 26.1 Å². The quantitative estimate of drug-likeness (QED) is 0.616. The maximum absolute atomic E-state index is 13.1. The van der Waals surface area contributed by atoms with E-state index in [9.17, 15) is 14.0 Å². The minimum atomic E-state index is -0.622. The number of hydrogen-bond donors (Lipinski definition) is 0. The van der Waals surface area contributed by atoms with Gasteiger partial charge in [-0.2, -0.15) is 5.10 Å². The number of aromatic nitrogens is 3. The number of benzene rings is 1. The molecule has 29 heavy (non-hydrogen) atoms. The topological polar surface area (TPSA) is 60.1 Å². The van der Waals surface area contributed by atoms with Gasteiger partial charge in [0.25, 0.3) is 0 Å². The normalized spacial score (nSPS) is 21.1. The first-order chi connectivity index (χ1) is 14.0. The Bertz CT molecular complexity index is 1150. The van der Waals surface area contributed by atoms with E-state index >= 15 is 0 Å². The molecule has 0 amide bonds. The van der Waals surface area contributed by atoms with Crippen LogP contribution in [0.5, 0.6) is 0 Å². The van der Waals surface area contributed by atoms with Gasteiger partial charge in [-0.1, -0.05) is 18.2 Å². The number of hydrogen-bond acceptors (Lipinski definition) is 5. The van der Waals surface area contributed by atoms with Crippen LogP contribution in [0.3, 0.4) is 0 Å². The van der Waals surface area contributed by atoms with E-state index in [1.165, 1.54) is 21.7 Å². The lowest BCUT2D eigenvalue weighted by Gasteiger charge is -2.22. The van der Waals surface area contributed by atoms with E-state index in [0.29, 0.717) is 18.8 Å². The highest BCUT2D eigenvalue weighted by molar-refractivity contribution is 7.09. The second-order valence-corrected chi connectivity index (χ2v) is 9.15. The van der Waals surface area contributed by atoms with Gasteiger partial charge in [-0.05, 0) is 42.1 Å². The molecule has 150 valence electrons. The van der Waals surface area contributed by atoms with Crippen molar-refractivity contribution in [2.75, 3.05) is 13.1 Å². The summed E-state index contributed by atoms with van der Waals surface area (Å²) >= 11 is 1.76. The van der Waals surface area contributed by atoms with Gasteiger partial charge in [-0.3, -0.25) is 19.1 Å². The molecule has 1 atom stereocenters. The van der Waals surface area contributed by atoms with Crippen molar-refractivity contribution in [1.29, 1.82) is 0 Å². The van der Waals surface area contributed by atoms with Crippen LogP contribution in [0, 0.1) is 11.2 Å². The predicted molar refractivity (Wildman–Crippen MR) is 109 cm³/mol. The third kappa shape index (κ3) is 3.47. The highest BCUT2D eigenvalue weighted by atomic mass is 32.1. The number of halogens is 1. The van der Waals surface area contributed by atoms with Crippen molar-refractivity contribution in [2.24, 2.45) is 5.41 Å². The summed E-state index contributed by atoms with van der Waals surface area (Å²) in [7, 11) is 0. The monoisotopic (exact) mass is 412 g/mol. The van der Waals surface area contributed by atoms with Crippen molar-refractivity contribution in [3.8, 4) is 0 Å². The van der Waals surface area contributed by atoms with Crippen molar-refractivity contribution < 1.29 is 4.39 Å². The molecule has 0 unspecified atom stereocenters. The minimum absolute atomic E-state index is 0.0298. The zero-order chi connectivity index (χ0) is 20.0. The molecule has 4 heterocycles. The number of rotatable bonds is 4. The molecule has 5 rings (SSSR count). The Morgan fingerprint density at radius 1 is 1.07 bits per heavy atom. The number of nitrogens with zero attached hydrogens (tertiary/aromatic N) is 4. The third-order valence-electron chi connectivity index (χ3n) is 5.96. The molecule has 6 nitrogen and oxygen atoms in total. The lowest BCUT2D eigenvalue weighted by Crippen LogP contribution is -2.43. The third-order valence-corrected chi connectivity index (χ3v) is 6.82. The standard InChI is InChI=1S/C21H21FN4O2S/c22-16-5-3-15(4-6-16)11-26-20(28)19(27)25-14-21(10-18(25)23-26)7-8-24(13-21)12-17-2-1-9-29-17/h1-6,9H,7-8,10-14H2/t21-/m1/s1. The fourth-order valence-electron chi connectivity index (χ4n) is 4.53. The van der Waals surface area contributed by atoms with Crippen molar-refractivity contribution in [1.82, 2.24) is 19.2 Å². The van der Waals surface area contributed by atoms with Crippen molar-refractivity contribution >= 4 is 11.3 Å². The van der Waals surface area contributed by atoms with E-state index in [1.807, 2.05) is 0 Å². The first-order valence-electron chi connectivity index (χ1n) is 9.71. The van der Waals surface area contributed by atoms with Crippen LogP contribution in [0.15, 0.2) is 51.4 Å². The van der Waals surface area contributed by atoms with Crippen LogP contribution >= 0.6 is 11.3 Å². The highest BCUT2D eigenvalue weighted by Crippen LogP contribution is 2.39. The second-order valence-electron chi connectivity index (χ2n) is 8.11. The van der Waals surface area contributed by atoms with Gasteiger partial charge in [-0.15, -0.1) is 11.3 Å². The number of likely N-dealkylation sites (tertiary alicyclic amines) is 1. The van der Waals surface area contributed by atoms with E-state index in [1.54, 1.807) is 28.0 Å². The Hall–Kier alpha value is -2.58. The van der Waals surface area contributed by atoms with Gasteiger partial charge in [-0.25, -0.2) is 9.07 Å². The largest absolute Gasteiger partial charge is 0.332 e. The zero-order valence-corrected chi connectivity index (χ0v) is 16.7. The Labute approximate surface area is 170 Å². The molecule has 1 fully saturated rings. The molecular weight excluding hydrogens is 391 g/mol. The zero-order valence-electron chi connectivity index (χ0n) is 15.9. The van der Waals surface area contributed by atoms with Gasteiger partial charge >= 0.3 is 11.1 Å². The summed E-state index contributed by atoms with van der Waals surface area (Å²) in [5.74, 6) is 0.341. The molecule has 2 aliphatic heterocycles. The average molecular weight is 412 g/mol. The van der Waals surface area contributed by atoms with Gasteiger partial charge in [0.15, 0.2) is 0 Å². The summed E-state index contributed by atoms with van der Waals surface area (Å²) in [5.41, 5.74) is -0.423. The second kappa shape index (κ2) is 7.03. The van der Waals surface area contributed by atoms with Crippen LogP contribution in [0.25, 0.3) is 0 Å². The van der Waals surface area contributed by atoms with Gasteiger partial charge in [0.1, 0.15) is 11.6 Å². The fourth-order valence-corrected chi connectivity index (χ4v) is 5.28. The van der Waals surface area contributed by atoms with Gasteiger partial charge in [0.05, 0.1) is 6.54 Å². The molecule has 1 aromatic carbocycles. The average Bonchev–Trinajstić information content (AvgIpc) is 3.43. The first kappa shape index (κ1) is 18.4. The van der Waals surface area contributed by atoms with Crippen LogP contribution in [0.2, 0.25) is 0 Å². The molecule has 8 heteroatoms. The lowest BCUT2D eigenvalue weighted by molar-refractivity contribution is 0.247. The van der Waals surface area contributed by atoms with Gasteiger partial charge in [0.2, 0.25) is 0 Å². The Morgan fingerprint density at radius 2 is 1.90 bits per heavy atom. The summed E-state index contributed by atoms with van der Waals surface area (Å²) in [6.45, 7) is 3.54. The molecular formula is C21H21FN4O2S. The van der Waals surface area contributed by atoms with E-state index in [2.05, 4.69) is 27.5 Å². The van der Waals surface area contributed by atoms with Crippen LogP contribution in [0.1, 0.15) is 22.7 Å². The predicted octanol–water partition coefficient (Wildman–Crippen LogP) is 2.10. The maximum atomic E-state index is 13.1. The fraction of sp³-hybridized carbons (Fsp3) is 0.381. The molecule has 0 N–H and O–H groups in total. The molecule has 1 spiro atoms. The first-order valence-corrected chi connectivity index (χ1v) is 10.6. The van der Waals surface area contributed by atoms with Gasteiger partial charge < -0.3 is 0 Å². The van der Waals surface area contributed by atoms with Crippen molar-refractivity contribution in [2.45, 2.75) is 32.5 Å². The molecule has 0 aliphatic carbocycles. The molecule has 1 saturated heterocycles. The Morgan fingerprint density at radius 3 is 2.66 bits per heavy atom. The number of fused-ring (bicyclic) bond motifs is 1. The molecule has 0 saturated carbocycles. The molecule has 2 aromatic heterocycles. The lowest BCUT2D eigenvalue weighted by atomic mass is 9.86. The molecule has 2 aliphatic rings. The smallest absolute Gasteiger partial charge is 0.298 e. The van der Waals surface area contributed by atoms with Crippen molar-refractivity contribution in [3.63, 3.8) is 0 Å². The summed E-state index contributed by atoms with van der Waals surface area (Å²) < 4.78 is 15.9. The Balaban J connectivity index is 1.38. The molecule has 0 bridgehead atoms. The van der Waals surface area contributed by atoms with Crippen molar-refractivity contribution in [3.05, 3.63) is 84.6 Å². The van der Waals surface area contributed by atoms with E-state index in [0.717, 1.165) is 31.6 Å². The van der Waals surface area contributed by atoms with E-state index < -0.39 is 11.1 Å². The van der Waals surface area contributed by atoms with E-state index in [4.69, 9.17) is 0 Å². The van der Waals surface area contributed by atoms with Crippen LogP contribution in [0.4, 0.5) is 4.39 Å². The number of thiophene rings is 1. The maximum Gasteiger partial charge on any atom is 0.332 e. The Kier molecular flexibility index (Phi) is 4.48. The van der Waals surface area contributed by atoms with E-state index in [-0.39, 0.29) is 17.8 Å². The van der Waals surface area contributed by atoms with Crippen LogP contribution in [-0.4, -0.2) is 32.3 Å². The summed E-state index contributed by atoms with van der Waals surface area (Å²) in [6.07, 6.45) is 1.69. The molecule has 3 aromatic rings. The SMILES string of the molecule is O=c1c(=O)n2c(nn1Cc1ccc(F)cc1)C[C@@]1(CCN(Cc3cccs3)C1)C2. The molecule has 0 radical (unpaired) electrons. The minimum Gasteiger partial charge on any atom is -0.298 e. The summed E-state index contributed by atoms with van der Waals surface area (Å²) in [6, 6.07) is 10.1. The highest BCUT2D eigenvalue weighted by Gasteiger charge is 2.44. The summed E-state index contributed by atoms with van der Waals surface area (Å²) in [4.78, 5) is 29.0.